The fourth-order valence-corrected chi connectivity index (χ4v) is 1.89. The molecule has 0 spiro atoms. The highest BCUT2D eigenvalue weighted by Crippen LogP contribution is 2.22. The van der Waals surface area contributed by atoms with E-state index in [0.29, 0.717) is 16.9 Å². The highest BCUT2D eigenvalue weighted by molar-refractivity contribution is 5.64. The first kappa shape index (κ1) is 9.84. The zero-order chi connectivity index (χ0) is 11.8. The van der Waals surface area contributed by atoms with Crippen LogP contribution in [0.3, 0.4) is 0 Å². The van der Waals surface area contributed by atoms with Crippen LogP contribution in [0.4, 0.5) is 4.39 Å². The number of hydrogen-bond acceptors (Lipinski definition) is 1. The number of rotatable bonds is 1. The SMILES string of the molecule is O=c1ccn2c(-c3ccccc3F)c[nH]c2c1. The number of aromatic nitrogens is 2. The van der Waals surface area contributed by atoms with Crippen molar-refractivity contribution in [3.05, 3.63) is 64.8 Å². The molecule has 0 bridgehead atoms. The van der Waals surface area contributed by atoms with Gasteiger partial charge in [0.2, 0.25) is 0 Å². The molecule has 0 radical (unpaired) electrons. The Morgan fingerprint density at radius 1 is 1.18 bits per heavy atom. The van der Waals surface area contributed by atoms with E-state index in [0.717, 1.165) is 0 Å². The lowest BCUT2D eigenvalue weighted by atomic mass is 10.1. The van der Waals surface area contributed by atoms with Crippen LogP contribution in [0.15, 0.2) is 53.6 Å². The highest BCUT2D eigenvalue weighted by Gasteiger charge is 2.08. The number of halogens is 1. The summed E-state index contributed by atoms with van der Waals surface area (Å²) in [6.07, 6.45) is 3.32. The van der Waals surface area contributed by atoms with Crippen LogP contribution < -0.4 is 5.43 Å². The quantitative estimate of drug-likeness (QED) is 0.682. The number of aromatic amines is 1. The molecular weight excluding hydrogens is 219 g/mol. The summed E-state index contributed by atoms with van der Waals surface area (Å²) in [7, 11) is 0. The molecule has 84 valence electrons. The molecule has 0 aliphatic rings. The summed E-state index contributed by atoms with van der Waals surface area (Å²) in [5.74, 6) is -0.285. The topological polar surface area (TPSA) is 37.3 Å². The van der Waals surface area contributed by atoms with Crippen LogP contribution in [0, 0.1) is 5.82 Å². The lowest BCUT2D eigenvalue weighted by Crippen LogP contribution is -1.99. The van der Waals surface area contributed by atoms with Gasteiger partial charge in [0, 0.05) is 30.1 Å². The van der Waals surface area contributed by atoms with E-state index < -0.39 is 0 Å². The van der Waals surface area contributed by atoms with Gasteiger partial charge in [-0.25, -0.2) is 4.39 Å². The molecular formula is C13H9FN2O. The van der Waals surface area contributed by atoms with Crippen molar-refractivity contribution in [1.82, 2.24) is 9.38 Å². The van der Waals surface area contributed by atoms with Crippen LogP contribution in [0.2, 0.25) is 0 Å². The average molecular weight is 228 g/mol. The van der Waals surface area contributed by atoms with Crippen LogP contribution in [0.1, 0.15) is 0 Å². The number of hydrogen-bond donors (Lipinski definition) is 1. The maximum absolute atomic E-state index is 13.7. The lowest BCUT2D eigenvalue weighted by molar-refractivity contribution is 0.630. The van der Waals surface area contributed by atoms with Crippen molar-refractivity contribution in [3.63, 3.8) is 0 Å². The van der Waals surface area contributed by atoms with Crippen LogP contribution >= 0.6 is 0 Å². The molecule has 0 atom stereocenters. The summed E-state index contributed by atoms with van der Waals surface area (Å²) in [5.41, 5.74) is 1.77. The first-order chi connectivity index (χ1) is 8.25. The van der Waals surface area contributed by atoms with E-state index in [1.165, 1.54) is 18.2 Å². The molecule has 1 aromatic carbocycles. The van der Waals surface area contributed by atoms with Gasteiger partial charge >= 0.3 is 0 Å². The molecule has 17 heavy (non-hydrogen) atoms. The summed E-state index contributed by atoms with van der Waals surface area (Å²) >= 11 is 0. The van der Waals surface area contributed by atoms with E-state index in [-0.39, 0.29) is 11.2 Å². The molecule has 3 nitrogen and oxygen atoms in total. The Labute approximate surface area is 96.2 Å². The number of nitrogens with zero attached hydrogens (tertiary/aromatic N) is 1. The molecule has 3 aromatic rings. The zero-order valence-electron chi connectivity index (χ0n) is 8.85. The number of benzene rings is 1. The second kappa shape index (κ2) is 3.59. The Bertz CT molecular complexity index is 742. The maximum Gasteiger partial charge on any atom is 0.183 e. The van der Waals surface area contributed by atoms with E-state index >= 15 is 0 Å². The van der Waals surface area contributed by atoms with Gasteiger partial charge in [0.15, 0.2) is 5.43 Å². The van der Waals surface area contributed by atoms with Gasteiger partial charge in [-0.3, -0.25) is 4.79 Å². The number of H-pyrrole nitrogens is 1. The van der Waals surface area contributed by atoms with Crippen molar-refractivity contribution in [2.75, 3.05) is 0 Å². The number of pyridine rings is 1. The van der Waals surface area contributed by atoms with Crippen LogP contribution in [0.25, 0.3) is 16.9 Å². The lowest BCUT2D eigenvalue weighted by Gasteiger charge is -2.02. The summed E-state index contributed by atoms with van der Waals surface area (Å²) in [5, 5.41) is 0. The van der Waals surface area contributed by atoms with Crippen molar-refractivity contribution in [2.45, 2.75) is 0 Å². The van der Waals surface area contributed by atoms with E-state index in [2.05, 4.69) is 4.98 Å². The van der Waals surface area contributed by atoms with Crippen LogP contribution in [-0.2, 0) is 0 Å². The molecule has 2 aromatic heterocycles. The van der Waals surface area contributed by atoms with Gasteiger partial charge in [0.05, 0.1) is 5.69 Å². The minimum absolute atomic E-state index is 0.0769. The molecule has 0 aliphatic carbocycles. The fourth-order valence-electron chi connectivity index (χ4n) is 1.89. The van der Waals surface area contributed by atoms with Gasteiger partial charge in [-0.05, 0) is 12.1 Å². The van der Waals surface area contributed by atoms with E-state index in [4.69, 9.17) is 0 Å². The van der Waals surface area contributed by atoms with Crippen molar-refractivity contribution < 1.29 is 4.39 Å². The van der Waals surface area contributed by atoms with Crippen molar-refractivity contribution in [2.24, 2.45) is 0 Å². The second-order valence-electron chi connectivity index (χ2n) is 3.77. The smallest absolute Gasteiger partial charge is 0.183 e. The van der Waals surface area contributed by atoms with Crippen molar-refractivity contribution in [1.29, 1.82) is 0 Å². The third kappa shape index (κ3) is 1.54. The Kier molecular flexibility index (Phi) is 2.08. The molecule has 4 heteroatoms. The van der Waals surface area contributed by atoms with Crippen molar-refractivity contribution >= 4 is 5.65 Å². The largest absolute Gasteiger partial charge is 0.346 e. The van der Waals surface area contributed by atoms with Crippen molar-refractivity contribution in [3.8, 4) is 11.3 Å². The summed E-state index contributed by atoms with van der Waals surface area (Å²) < 4.78 is 15.4. The number of nitrogens with one attached hydrogen (secondary N) is 1. The Morgan fingerprint density at radius 3 is 2.82 bits per heavy atom. The molecule has 2 heterocycles. The molecule has 0 amide bonds. The van der Waals surface area contributed by atoms with Gasteiger partial charge in [-0.1, -0.05) is 12.1 Å². The minimum atomic E-state index is -0.285. The third-order valence-corrected chi connectivity index (χ3v) is 2.69. The van der Waals surface area contributed by atoms with Crippen LogP contribution in [-0.4, -0.2) is 9.38 Å². The van der Waals surface area contributed by atoms with E-state index in [9.17, 15) is 9.18 Å². The van der Waals surface area contributed by atoms with E-state index in [1.54, 1.807) is 35.0 Å². The maximum atomic E-state index is 13.7. The Hall–Kier alpha value is -2.36. The molecule has 0 saturated carbocycles. The van der Waals surface area contributed by atoms with Gasteiger partial charge in [-0.15, -0.1) is 0 Å². The van der Waals surface area contributed by atoms with Gasteiger partial charge < -0.3 is 9.38 Å². The van der Waals surface area contributed by atoms with Crippen LogP contribution in [0.5, 0.6) is 0 Å². The predicted octanol–water partition coefficient (Wildman–Crippen LogP) is 2.43. The molecule has 3 rings (SSSR count). The average Bonchev–Trinajstić information content (AvgIpc) is 2.72. The monoisotopic (exact) mass is 228 g/mol. The van der Waals surface area contributed by atoms with Gasteiger partial charge in [0.25, 0.3) is 0 Å². The summed E-state index contributed by atoms with van der Waals surface area (Å²) in [6, 6.07) is 9.47. The first-order valence-corrected chi connectivity index (χ1v) is 5.20. The fraction of sp³-hybridized carbons (Fsp3) is 0. The van der Waals surface area contributed by atoms with Gasteiger partial charge in [0.1, 0.15) is 11.5 Å². The Balaban J connectivity index is 2.32. The normalized spacial score (nSPS) is 10.9. The molecule has 0 fully saturated rings. The van der Waals surface area contributed by atoms with Gasteiger partial charge in [-0.2, -0.15) is 0 Å². The molecule has 0 unspecified atom stereocenters. The standard InChI is InChI=1S/C13H9FN2O/c14-11-4-2-1-3-10(11)12-8-15-13-7-9(17)5-6-16(12)13/h1-8,15H. The number of imidazole rings is 1. The Morgan fingerprint density at radius 2 is 2.00 bits per heavy atom. The zero-order valence-corrected chi connectivity index (χ0v) is 8.85. The predicted molar refractivity (Wildman–Crippen MR) is 63.4 cm³/mol. The third-order valence-electron chi connectivity index (χ3n) is 2.69. The molecule has 0 saturated heterocycles. The minimum Gasteiger partial charge on any atom is -0.346 e. The summed E-state index contributed by atoms with van der Waals surface area (Å²) in [6.45, 7) is 0. The molecule has 1 N–H and O–H groups in total. The molecule has 0 aliphatic heterocycles. The first-order valence-electron chi connectivity index (χ1n) is 5.20. The summed E-state index contributed by atoms with van der Waals surface area (Å²) in [4.78, 5) is 14.1. The second-order valence-corrected chi connectivity index (χ2v) is 3.77. The highest BCUT2D eigenvalue weighted by atomic mass is 19.1. The van der Waals surface area contributed by atoms with E-state index in [1.807, 2.05) is 0 Å². The number of fused-ring (bicyclic) bond motifs is 1.